The number of nitrogens with one attached hydrogen (secondary N) is 2. The molecule has 2 aromatic carbocycles. The SMILES string of the molecule is CC(C)(C)OC(=O)N1CCCC1C(=O)Nc1ccc2c(c1)Sc1cccc(-c3cc(N4CCOCC4)cc(=O)[nH]3)c1S2. The predicted molar refractivity (Wildman–Crippen MR) is 165 cm³/mol. The van der Waals surface area contributed by atoms with E-state index >= 15 is 0 Å². The maximum atomic E-state index is 13.2. The molecule has 2 amide bonds. The first-order valence-corrected chi connectivity index (χ1v) is 15.8. The number of pyridine rings is 1. The van der Waals surface area contributed by atoms with Crippen molar-refractivity contribution < 1.29 is 19.1 Å². The fourth-order valence-corrected chi connectivity index (χ4v) is 7.79. The van der Waals surface area contributed by atoms with E-state index in [0.717, 1.165) is 56.0 Å². The third kappa shape index (κ3) is 6.18. The molecule has 0 saturated carbocycles. The summed E-state index contributed by atoms with van der Waals surface area (Å²) in [5.41, 5.74) is 2.59. The summed E-state index contributed by atoms with van der Waals surface area (Å²) in [5.74, 6) is -0.210. The highest BCUT2D eigenvalue weighted by molar-refractivity contribution is 8.05. The summed E-state index contributed by atoms with van der Waals surface area (Å²) in [4.78, 5) is 49.6. The number of anilines is 2. The molecular formula is C31H34N4O5S2. The summed E-state index contributed by atoms with van der Waals surface area (Å²) in [5, 5.41) is 3.02. The molecule has 3 aliphatic heterocycles. The Morgan fingerprint density at radius 2 is 1.81 bits per heavy atom. The minimum Gasteiger partial charge on any atom is -0.444 e. The molecule has 3 aliphatic rings. The van der Waals surface area contributed by atoms with Crippen molar-refractivity contribution in [1.29, 1.82) is 0 Å². The second kappa shape index (κ2) is 11.7. The molecule has 3 aromatic rings. The van der Waals surface area contributed by atoms with Crippen LogP contribution in [0.1, 0.15) is 33.6 Å². The first-order chi connectivity index (χ1) is 20.1. The maximum Gasteiger partial charge on any atom is 0.410 e. The molecular weight excluding hydrogens is 572 g/mol. The topological polar surface area (TPSA) is 104 Å². The van der Waals surface area contributed by atoms with Gasteiger partial charge in [0.1, 0.15) is 11.6 Å². The molecule has 4 heterocycles. The van der Waals surface area contributed by atoms with Gasteiger partial charge in [0.15, 0.2) is 0 Å². The van der Waals surface area contributed by atoms with Crippen LogP contribution in [-0.2, 0) is 14.3 Å². The highest BCUT2D eigenvalue weighted by atomic mass is 32.2. The molecule has 2 N–H and O–H groups in total. The van der Waals surface area contributed by atoms with E-state index in [0.29, 0.717) is 31.9 Å². The fraction of sp³-hybridized carbons (Fsp3) is 0.387. The average Bonchev–Trinajstić information content (AvgIpc) is 3.46. The van der Waals surface area contributed by atoms with Gasteiger partial charge in [0, 0.05) is 62.2 Å². The number of hydrogen-bond donors (Lipinski definition) is 2. The number of rotatable bonds is 4. The summed E-state index contributed by atoms with van der Waals surface area (Å²) >= 11 is 3.29. The number of likely N-dealkylation sites (tertiary alicyclic amines) is 1. The Bertz CT molecular complexity index is 1580. The van der Waals surface area contributed by atoms with E-state index in [-0.39, 0.29) is 11.5 Å². The van der Waals surface area contributed by atoms with Crippen LogP contribution in [0.5, 0.6) is 0 Å². The van der Waals surface area contributed by atoms with Crippen molar-refractivity contribution in [3.63, 3.8) is 0 Å². The van der Waals surface area contributed by atoms with Gasteiger partial charge >= 0.3 is 6.09 Å². The molecule has 0 aliphatic carbocycles. The number of fused-ring (bicyclic) bond motifs is 2. The second-order valence-electron chi connectivity index (χ2n) is 11.5. The van der Waals surface area contributed by atoms with Gasteiger partial charge in [-0.25, -0.2) is 4.79 Å². The minimum atomic E-state index is -0.620. The lowest BCUT2D eigenvalue weighted by molar-refractivity contribution is -0.120. The smallest absolute Gasteiger partial charge is 0.410 e. The quantitative estimate of drug-likeness (QED) is 0.299. The van der Waals surface area contributed by atoms with E-state index in [1.165, 1.54) is 4.90 Å². The number of aromatic nitrogens is 1. The predicted octanol–water partition coefficient (Wildman–Crippen LogP) is 5.83. The van der Waals surface area contributed by atoms with E-state index in [4.69, 9.17) is 9.47 Å². The van der Waals surface area contributed by atoms with Crippen LogP contribution in [0.2, 0.25) is 0 Å². The van der Waals surface area contributed by atoms with E-state index in [1.807, 2.05) is 57.2 Å². The molecule has 6 rings (SSSR count). The lowest BCUT2D eigenvalue weighted by Crippen LogP contribution is -2.45. The van der Waals surface area contributed by atoms with E-state index in [9.17, 15) is 14.4 Å². The van der Waals surface area contributed by atoms with Crippen molar-refractivity contribution in [2.24, 2.45) is 0 Å². The van der Waals surface area contributed by atoms with Crippen molar-refractivity contribution in [2.45, 2.75) is 64.8 Å². The molecule has 0 radical (unpaired) electrons. The zero-order chi connectivity index (χ0) is 29.4. The Labute approximate surface area is 253 Å². The highest BCUT2D eigenvalue weighted by Crippen LogP contribution is 2.52. The van der Waals surface area contributed by atoms with E-state index in [2.05, 4.69) is 21.3 Å². The summed E-state index contributed by atoms with van der Waals surface area (Å²) in [6.07, 6.45) is 0.904. The zero-order valence-corrected chi connectivity index (χ0v) is 25.5. The highest BCUT2D eigenvalue weighted by Gasteiger charge is 2.36. The van der Waals surface area contributed by atoms with Crippen molar-refractivity contribution in [3.8, 4) is 11.3 Å². The van der Waals surface area contributed by atoms with Gasteiger partial charge in [-0.05, 0) is 63.9 Å². The number of nitrogens with zero attached hydrogens (tertiary/aromatic N) is 2. The maximum absolute atomic E-state index is 13.2. The normalized spacial score (nSPS) is 18.3. The van der Waals surface area contributed by atoms with Crippen LogP contribution in [0.25, 0.3) is 11.3 Å². The van der Waals surface area contributed by atoms with Gasteiger partial charge in [0.05, 0.1) is 18.9 Å². The Morgan fingerprint density at radius 3 is 2.60 bits per heavy atom. The fourth-order valence-electron chi connectivity index (χ4n) is 5.37. The first-order valence-electron chi connectivity index (χ1n) is 14.2. The van der Waals surface area contributed by atoms with Crippen LogP contribution in [0.4, 0.5) is 16.2 Å². The second-order valence-corrected chi connectivity index (χ2v) is 13.7. The minimum absolute atomic E-state index is 0.131. The molecule has 11 heteroatoms. The standard InChI is InChI=1S/C31H34N4O5S2/c1-31(2,3)40-30(38)35-11-5-7-23(35)29(37)32-19-9-10-24-26(16-19)41-25-8-4-6-21(28(25)42-24)22-17-20(18-27(36)33-22)34-12-14-39-15-13-34/h4,6,8-10,16-18,23H,5,7,11-15H2,1-3H3,(H,32,37)(H,33,36). The van der Waals surface area contributed by atoms with Crippen LogP contribution in [0.3, 0.4) is 0 Å². The summed E-state index contributed by atoms with van der Waals surface area (Å²) in [6, 6.07) is 15.1. The van der Waals surface area contributed by atoms with Crippen LogP contribution in [0.15, 0.2) is 72.9 Å². The molecule has 220 valence electrons. The number of morpholine rings is 1. The molecule has 9 nitrogen and oxygen atoms in total. The molecule has 1 unspecified atom stereocenters. The summed E-state index contributed by atoms with van der Waals surface area (Å²) < 4.78 is 11.0. The lowest BCUT2D eigenvalue weighted by atomic mass is 10.1. The largest absolute Gasteiger partial charge is 0.444 e. The molecule has 2 saturated heterocycles. The third-order valence-corrected chi connectivity index (χ3v) is 9.90. The Morgan fingerprint density at radius 1 is 1.00 bits per heavy atom. The number of carbonyl (C=O) groups is 2. The Kier molecular flexibility index (Phi) is 7.99. The van der Waals surface area contributed by atoms with Gasteiger partial charge in [0.2, 0.25) is 11.5 Å². The number of hydrogen-bond acceptors (Lipinski definition) is 8. The Hall–Kier alpha value is -3.41. The van der Waals surface area contributed by atoms with Crippen molar-refractivity contribution in [3.05, 3.63) is 58.9 Å². The van der Waals surface area contributed by atoms with Crippen molar-refractivity contribution in [1.82, 2.24) is 9.88 Å². The molecule has 1 aromatic heterocycles. The number of aromatic amines is 1. The summed E-state index contributed by atoms with van der Waals surface area (Å²) in [6.45, 7) is 8.78. The molecule has 0 spiro atoms. The molecule has 42 heavy (non-hydrogen) atoms. The van der Waals surface area contributed by atoms with Gasteiger partial charge in [0.25, 0.3) is 0 Å². The van der Waals surface area contributed by atoms with E-state index in [1.54, 1.807) is 29.6 Å². The number of ether oxygens (including phenoxy) is 2. The first kappa shape index (κ1) is 28.7. The molecule has 2 fully saturated rings. The van der Waals surface area contributed by atoms with Crippen LogP contribution < -0.4 is 15.8 Å². The van der Waals surface area contributed by atoms with Gasteiger partial charge in [-0.1, -0.05) is 35.7 Å². The number of H-pyrrole nitrogens is 1. The van der Waals surface area contributed by atoms with Crippen molar-refractivity contribution >= 4 is 46.9 Å². The number of amides is 2. The van der Waals surface area contributed by atoms with Crippen molar-refractivity contribution in [2.75, 3.05) is 43.1 Å². The third-order valence-electron chi connectivity index (χ3n) is 7.30. The van der Waals surface area contributed by atoms with Crippen LogP contribution >= 0.6 is 23.5 Å². The molecule has 1 atom stereocenters. The Balaban J connectivity index is 1.20. The number of carbonyl (C=O) groups excluding carboxylic acids is 2. The van der Waals surface area contributed by atoms with Crippen LogP contribution in [0, 0.1) is 0 Å². The van der Waals surface area contributed by atoms with Crippen LogP contribution in [-0.4, -0.2) is 66.4 Å². The van der Waals surface area contributed by atoms with E-state index < -0.39 is 17.7 Å². The van der Waals surface area contributed by atoms with Gasteiger partial charge in [-0.3, -0.25) is 14.5 Å². The monoisotopic (exact) mass is 606 g/mol. The molecule has 0 bridgehead atoms. The van der Waals surface area contributed by atoms with Gasteiger partial charge in [-0.2, -0.15) is 0 Å². The van der Waals surface area contributed by atoms with Gasteiger partial charge in [-0.15, -0.1) is 0 Å². The average molecular weight is 607 g/mol. The van der Waals surface area contributed by atoms with Gasteiger partial charge < -0.3 is 24.7 Å². The summed E-state index contributed by atoms with van der Waals surface area (Å²) in [7, 11) is 0. The number of benzene rings is 2. The zero-order valence-electron chi connectivity index (χ0n) is 23.9. The lowest BCUT2D eigenvalue weighted by Gasteiger charge is -2.29.